The van der Waals surface area contributed by atoms with Crippen molar-refractivity contribution in [2.75, 3.05) is 39.9 Å². The summed E-state index contributed by atoms with van der Waals surface area (Å²) in [5.41, 5.74) is 0. The number of likely N-dealkylation sites (tertiary alicyclic amines) is 1. The quantitative estimate of drug-likeness (QED) is 0.302. The van der Waals surface area contributed by atoms with Gasteiger partial charge in [0.05, 0.1) is 12.2 Å². The van der Waals surface area contributed by atoms with Crippen LogP contribution in [0.2, 0.25) is 0 Å². The Balaban J connectivity index is 0.00000400. The molecule has 1 aliphatic heterocycles. The number of ether oxygens (including phenoxy) is 2. The molecule has 126 valence electrons. The summed E-state index contributed by atoms with van der Waals surface area (Å²) in [5, 5.41) is 3.41. The van der Waals surface area contributed by atoms with E-state index in [1.165, 1.54) is 0 Å². The fraction of sp³-hybridized carbons (Fsp3) is 0.933. The summed E-state index contributed by atoms with van der Waals surface area (Å²) in [7, 11) is 1.85. The SMILES string of the molecule is CCOC1CCN(C(=NC)NCCCOC(C)C)CC1.I. The van der Waals surface area contributed by atoms with Gasteiger partial charge in [-0.25, -0.2) is 0 Å². The highest BCUT2D eigenvalue weighted by Gasteiger charge is 2.21. The van der Waals surface area contributed by atoms with Gasteiger partial charge >= 0.3 is 0 Å². The van der Waals surface area contributed by atoms with Gasteiger partial charge in [0.2, 0.25) is 0 Å². The smallest absolute Gasteiger partial charge is 0.193 e. The minimum atomic E-state index is 0. The molecular weight excluding hydrogens is 381 g/mol. The number of nitrogens with zero attached hydrogens (tertiary/aromatic N) is 2. The number of hydrogen-bond donors (Lipinski definition) is 1. The lowest BCUT2D eigenvalue weighted by Gasteiger charge is -2.34. The van der Waals surface area contributed by atoms with Crippen molar-refractivity contribution in [2.45, 2.75) is 52.2 Å². The molecule has 0 atom stereocenters. The Kier molecular flexibility index (Phi) is 12.4. The normalized spacial score (nSPS) is 17.0. The minimum absolute atomic E-state index is 0. The molecule has 0 aliphatic carbocycles. The topological polar surface area (TPSA) is 46.1 Å². The molecule has 0 radical (unpaired) electrons. The highest BCUT2D eigenvalue weighted by molar-refractivity contribution is 14.0. The molecule has 0 spiro atoms. The van der Waals surface area contributed by atoms with Crippen LogP contribution in [0, 0.1) is 0 Å². The monoisotopic (exact) mass is 413 g/mol. The van der Waals surface area contributed by atoms with Gasteiger partial charge in [-0.15, -0.1) is 24.0 Å². The first-order chi connectivity index (χ1) is 9.67. The largest absolute Gasteiger partial charge is 0.379 e. The first kappa shape index (κ1) is 20.9. The number of halogens is 1. The zero-order valence-corrected chi connectivity index (χ0v) is 16.3. The maximum absolute atomic E-state index is 5.68. The summed E-state index contributed by atoms with van der Waals surface area (Å²) in [4.78, 5) is 6.68. The molecule has 0 aromatic heterocycles. The lowest BCUT2D eigenvalue weighted by molar-refractivity contribution is 0.0263. The molecule has 1 rings (SSSR count). The van der Waals surface area contributed by atoms with E-state index in [9.17, 15) is 0 Å². The van der Waals surface area contributed by atoms with Crippen LogP contribution in [0.15, 0.2) is 4.99 Å². The molecule has 5 nitrogen and oxygen atoms in total. The van der Waals surface area contributed by atoms with Gasteiger partial charge < -0.3 is 19.7 Å². The van der Waals surface area contributed by atoms with E-state index >= 15 is 0 Å². The number of guanidine groups is 1. The number of aliphatic imine (C=N–C) groups is 1. The van der Waals surface area contributed by atoms with E-state index in [0.717, 1.165) is 58.1 Å². The van der Waals surface area contributed by atoms with Crippen molar-refractivity contribution in [1.29, 1.82) is 0 Å². The fourth-order valence-electron chi connectivity index (χ4n) is 2.39. The Labute approximate surface area is 146 Å². The first-order valence-electron chi connectivity index (χ1n) is 7.86. The van der Waals surface area contributed by atoms with Crippen LogP contribution in [0.4, 0.5) is 0 Å². The molecular formula is C15H32IN3O2. The highest BCUT2D eigenvalue weighted by Crippen LogP contribution is 2.13. The van der Waals surface area contributed by atoms with Gasteiger partial charge in [-0.3, -0.25) is 4.99 Å². The summed E-state index contributed by atoms with van der Waals surface area (Å²) in [5.74, 6) is 1.00. The standard InChI is InChI=1S/C15H31N3O2.HI/c1-5-19-14-7-10-18(11-8-14)15(16-4)17-9-6-12-20-13(2)3;/h13-14H,5-12H2,1-4H3,(H,16,17);1H. The predicted molar refractivity (Wildman–Crippen MR) is 98.7 cm³/mol. The number of hydrogen-bond acceptors (Lipinski definition) is 3. The zero-order valence-electron chi connectivity index (χ0n) is 13.9. The lowest BCUT2D eigenvalue weighted by atomic mass is 10.1. The summed E-state index contributed by atoms with van der Waals surface area (Å²) in [6, 6.07) is 0. The average molecular weight is 413 g/mol. The van der Waals surface area contributed by atoms with E-state index in [0.29, 0.717) is 12.2 Å². The van der Waals surface area contributed by atoms with Gasteiger partial charge in [0.25, 0.3) is 0 Å². The van der Waals surface area contributed by atoms with Gasteiger partial charge in [0.15, 0.2) is 5.96 Å². The van der Waals surface area contributed by atoms with Crippen LogP contribution >= 0.6 is 24.0 Å². The van der Waals surface area contributed by atoms with Crippen LogP contribution in [0.5, 0.6) is 0 Å². The summed E-state index contributed by atoms with van der Waals surface area (Å²) in [6.45, 7) is 10.8. The van der Waals surface area contributed by atoms with Crippen molar-refractivity contribution in [3.8, 4) is 0 Å². The Morgan fingerprint density at radius 2 is 2.00 bits per heavy atom. The van der Waals surface area contributed by atoms with Crippen molar-refractivity contribution in [3.63, 3.8) is 0 Å². The number of piperidine rings is 1. The van der Waals surface area contributed by atoms with Crippen molar-refractivity contribution in [1.82, 2.24) is 10.2 Å². The molecule has 1 N–H and O–H groups in total. The number of rotatable bonds is 7. The van der Waals surface area contributed by atoms with E-state index in [4.69, 9.17) is 9.47 Å². The summed E-state index contributed by atoms with van der Waals surface area (Å²) < 4.78 is 11.2. The van der Waals surface area contributed by atoms with Crippen LogP contribution in [0.1, 0.15) is 40.0 Å². The molecule has 1 heterocycles. The van der Waals surface area contributed by atoms with Gasteiger partial charge in [-0.05, 0) is 40.0 Å². The molecule has 0 amide bonds. The maximum Gasteiger partial charge on any atom is 0.193 e. The number of nitrogens with one attached hydrogen (secondary N) is 1. The lowest BCUT2D eigenvalue weighted by Crippen LogP contribution is -2.47. The van der Waals surface area contributed by atoms with Gasteiger partial charge in [-0.1, -0.05) is 0 Å². The molecule has 21 heavy (non-hydrogen) atoms. The van der Waals surface area contributed by atoms with Gasteiger partial charge in [0, 0.05) is 39.9 Å². The van der Waals surface area contributed by atoms with E-state index in [1.807, 2.05) is 7.05 Å². The molecule has 6 heteroatoms. The first-order valence-corrected chi connectivity index (χ1v) is 7.86. The second-order valence-corrected chi connectivity index (χ2v) is 5.39. The third-order valence-corrected chi connectivity index (χ3v) is 3.41. The summed E-state index contributed by atoms with van der Waals surface area (Å²) in [6.07, 6.45) is 3.92. The third-order valence-electron chi connectivity index (χ3n) is 3.41. The van der Waals surface area contributed by atoms with E-state index in [2.05, 4.69) is 36.0 Å². The van der Waals surface area contributed by atoms with Crippen molar-refractivity contribution in [3.05, 3.63) is 0 Å². The second kappa shape index (κ2) is 12.5. The molecule has 0 aromatic rings. The molecule has 0 bridgehead atoms. The van der Waals surface area contributed by atoms with Crippen LogP contribution in [0.25, 0.3) is 0 Å². The van der Waals surface area contributed by atoms with Crippen molar-refractivity contribution in [2.24, 2.45) is 4.99 Å². The van der Waals surface area contributed by atoms with E-state index in [1.54, 1.807) is 0 Å². The molecule has 0 unspecified atom stereocenters. The minimum Gasteiger partial charge on any atom is -0.379 e. The molecule has 0 aromatic carbocycles. The molecule has 0 saturated carbocycles. The maximum atomic E-state index is 5.68. The van der Waals surface area contributed by atoms with Gasteiger partial charge in [-0.2, -0.15) is 0 Å². The Morgan fingerprint density at radius 3 is 2.52 bits per heavy atom. The predicted octanol–water partition coefficient (Wildman–Crippen LogP) is 2.50. The zero-order chi connectivity index (χ0) is 14.8. The molecule has 1 aliphatic rings. The Hall–Kier alpha value is -0.0800. The fourth-order valence-corrected chi connectivity index (χ4v) is 2.39. The van der Waals surface area contributed by atoms with Crippen LogP contribution in [-0.2, 0) is 9.47 Å². The van der Waals surface area contributed by atoms with Gasteiger partial charge in [0.1, 0.15) is 0 Å². The van der Waals surface area contributed by atoms with Crippen molar-refractivity contribution < 1.29 is 9.47 Å². The Bertz CT molecular complexity index is 280. The third kappa shape index (κ3) is 8.83. The van der Waals surface area contributed by atoms with Crippen LogP contribution in [0.3, 0.4) is 0 Å². The Morgan fingerprint density at radius 1 is 1.33 bits per heavy atom. The highest BCUT2D eigenvalue weighted by atomic mass is 127. The van der Waals surface area contributed by atoms with Crippen LogP contribution < -0.4 is 5.32 Å². The van der Waals surface area contributed by atoms with E-state index in [-0.39, 0.29) is 24.0 Å². The average Bonchev–Trinajstić information content (AvgIpc) is 2.44. The van der Waals surface area contributed by atoms with E-state index < -0.39 is 0 Å². The van der Waals surface area contributed by atoms with Crippen LogP contribution in [-0.4, -0.2) is 63.0 Å². The summed E-state index contributed by atoms with van der Waals surface area (Å²) >= 11 is 0. The second-order valence-electron chi connectivity index (χ2n) is 5.39. The van der Waals surface area contributed by atoms with Crippen molar-refractivity contribution >= 4 is 29.9 Å². The molecule has 1 saturated heterocycles. The molecule has 1 fully saturated rings.